The Hall–Kier alpha value is -0.370. The fourth-order valence-electron chi connectivity index (χ4n) is 0.573. The summed E-state index contributed by atoms with van der Waals surface area (Å²) in [5.74, 6) is -1.34. The highest BCUT2D eigenvalue weighted by atomic mass is 35.5. The molecule has 6 nitrogen and oxygen atoms in total. The highest BCUT2D eigenvalue weighted by Gasteiger charge is 2.19. The van der Waals surface area contributed by atoms with Gasteiger partial charge < -0.3 is 4.74 Å². The minimum atomic E-state index is -4.12. The number of hydrogen-bond acceptors (Lipinski definition) is 5. The number of nitrogens with one attached hydrogen (secondary N) is 1. The molecule has 90 valence electrons. The fourth-order valence-corrected chi connectivity index (χ4v) is 1.05. The monoisotopic (exact) mass is 259 g/mol. The molecule has 0 rings (SSSR count). The zero-order chi connectivity index (χ0) is 12.1. The normalized spacial score (nSPS) is 12.5. The van der Waals surface area contributed by atoms with Gasteiger partial charge in [-0.25, -0.2) is 4.84 Å². The molecule has 0 aromatic heterocycles. The molecular weight excluding hydrogens is 246 g/mol. The number of hydrogen-bond donors (Lipinski definition) is 2. The van der Waals surface area contributed by atoms with Crippen molar-refractivity contribution in [2.45, 2.75) is 25.8 Å². The third kappa shape index (κ3) is 8.61. The van der Waals surface area contributed by atoms with Gasteiger partial charge in [0.05, 0.1) is 17.7 Å². The second kappa shape index (κ2) is 5.64. The van der Waals surface area contributed by atoms with E-state index in [-0.39, 0.29) is 13.0 Å². The minimum Gasteiger partial charge on any atom is -0.464 e. The Morgan fingerprint density at radius 1 is 1.53 bits per heavy atom. The Balaban J connectivity index is 3.87. The molecule has 0 aliphatic heterocycles. The van der Waals surface area contributed by atoms with E-state index in [1.165, 1.54) is 0 Å². The molecule has 0 aliphatic carbocycles. The third-order valence-corrected chi connectivity index (χ3v) is 2.65. The molecule has 0 fully saturated rings. The lowest BCUT2D eigenvalue weighted by atomic mass is 10.1. The maximum absolute atomic E-state index is 11.0. The van der Waals surface area contributed by atoms with E-state index in [0.717, 1.165) is 0 Å². The van der Waals surface area contributed by atoms with Crippen molar-refractivity contribution in [1.29, 1.82) is 0 Å². The molecule has 0 aliphatic rings. The minimum absolute atomic E-state index is 0.0147. The summed E-state index contributed by atoms with van der Waals surface area (Å²) in [5, 5.41) is 0. The first-order chi connectivity index (χ1) is 6.66. The van der Waals surface area contributed by atoms with Crippen LogP contribution in [0.15, 0.2) is 0 Å². The van der Waals surface area contributed by atoms with Crippen LogP contribution in [0, 0.1) is 0 Å². The number of esters is 1. The first kappa shape index (κ1) is 14.6. The van der Waals surface area contributed by atoms with Crippen LogP contribution in [0.4, 0.5) is 0 Å². The summed E-state index contributed by atoms with van der Waals surface area (Å²) in [5.41, 5.74) is -0.588. The van der Waals surface area contributed by atoms with E-state index in [1.807, 2.05) is 0 Å². The summed E-state index contributed by atoms with van der Waals surface area (Å²) in [6, 6.07) is 0. The molecule has 0 unspecified atom stereocenters. The van der Waals surface area contributed by atoms with Crippen molar-refractivity contribution < 1.29 is 22.5 Å². The average Bonchev–Trinajstić information content (AvgIpc) is 2.10. The average molecular weight is 260 g/mol. The second-order valence-corrected chi connectivity index (χ2v) is 5.44. The molecule has 0 atom stereocenters. The van der Waals surface area contributed by atoms with Crippen LogP contribution in [0.3, 0.4) is 0 Å². The summed E-state index contributed by atoms with van der Waals surface area (Å²) in [6.07, 6.45) is -0.378. The van der Waals surface area contributed by atoms with E-state index in [9.17, 15) is 13.2 Å². The maximum Gasteiger partial charge on any atom is 0.306 e. The van der Waals surface area contributed by atoms with Crippen LogP contribution < -0.4 is 4.84 Å². The van der Waals surface area contributed by atoms with E-state index in [4.69, 9.17) is 21.1 Å². The molecule has 0 saturated carbocycles. The van der Waals surface area contributed by atoms with Crippen LogP contribution in [-0.2, 0) is 19.6 Å². The van der Waals surface area contributed by atoms with Crippen molar-refractivity contribution in [3.05, 3.63) is 0 Å². The fraction of sp³-hybridized carbons (Fsp3) is 0.857. The summed E-state index contributed by atoms with van der Waals surface area (Å²) in [6.45, 7) is 3.42. The van der Waals surface area contributed by atoms with Crippen LogP contribution in [0.2, 0.25) is 0 Å². The predicted molar refractivity (Wildman–Crippen MR) is 55.1 cm³/mol. The van der Waals surface area contributed by atoms with Gasteiger partial charge in [-0.1, -0.05) is 0 Å². The Morgan fingerprint density at radius 2 is 2.07 bits per heavy atom. The lowest BCUT2D eigenvalue weighted by Gasteiger charge is -2.21. The first-order valence-electron chi connectivity index (χ1n) is 4.15. The topological polar surface area (TPSA) is 92.7 Å². The van der Waals surface area contributed by atoms with Crippen LogP contribution in [-0.4, -0.2) is 36.8 Å². The third-order valence-electron chi connectivity index (χ3n) is 1.41. The van der Waals surface area contributed by atoms with Crippen molar-refractivity contribution in [3.8, 4) is 0 Å². The van der Waals surface area contributed by atoms with Crippen molar-refractivity contribution >= 4 is 27.9 Å². The van der Waals surface area contributed by atoms with E-state index in [2.05, 4.69) is 4.84 Å². The highest BCUT2D eigenvalue weighted by Crippen LogP contribution is 2.04. The molecule has 15 heavy (non-hydrogen) atoms. The molecule has 2 N–H and O–H groups in total. The smallest absolute Gasteiger partial charge is 0.306 e. The zero-order valence-corrected chi connectivity index (χ0v) is 10.1. The molecule has 0 radical (unpaired) electrons. The summed E-state index contributed by atoms with van der Waals surface area (Å²) in [4.78, 5) is 13.4. The molecule has 0 heterocycles. The van der Waals surface area contributed by atoms with Crippen molar-refractivity contribution in [2.24, 2.45) is 0 Å². The second-order valence-electron chi connectivity index (χ2n) is 3.68. The van der Waals surface area contributed by atoms with Gasteiger partial charge in [0.25, 0.3) is 10.1 Å². The number of halogens is 1. The number of rotatable bonds is 6. The zero-order valence-electron chi connectivity index (χ0n) is 8.49. The Bertz CT molecular complexity index is 313. The van der Waals surface area contributed by atoms with Gasteiger partial charge >= 0.3 is 5.97 Å². The molecule has 0 spiro atoms. The lowest BCUT2D eigenvalue weighted by molar-refractivity contribution is -0.144. The number of ether oxygens (including phenoxy) is 1. The van der Waals surface area contributed by atoms with Gasteiger partial charge in [-0.2, -0.15) is 8.42 Å². The SMILES string of the molecule is CC(C)(COC(=O)CCS(=O)(=O)O)NCl. The van der Waals surface area contributed by atoms with E-state index in [0.29, 0.717) is 0 Å². The van der Waals surface area contributed by atoms with Gasteiger partial charge in [0.2, 0.25) is 0 Å². The van der Waals surface area contributed by atoms with Crippen molar-refractivity contribution in [2.75, 3.05) is 12.4 Å². The van der Waals surface area contributed by atoms with Gasteiger partial charge in [-0.05, 0) is 25.6 Å². The van der Waals surface area contributed by atoms with Crippen LogP contribution in [0.5, 0.6) is 0 Å². The molecular formula is C7H14ClNO5S. The first-order valence-corrected chi connectivity index (χ1v) is 6.13. The van der Waals surface area contributed by atoms with E-state index < -0.39 is 27.4 Å². The molecule has 0 aromatic carbocycles. The van der Waals surface area contributed by atoms with Crippen LogP contribution in [0.1, 0.15) is 20.3 Å². The van der Waals surface area contributed by atoms with E-state index >= 15 is 0 Å². The van der Waals surface area contributed by atoms with E-state index in [1.54, 1.807) is 13.8 Å². The highest BCUT2D eigenvalue weighted by molar-refractivity contribution is 7.85. The molecule has 0 bridgehead atoms. The number of carbonyl (C=O) groups excluding carboxylic acids is 1. The van der Waals surface area contributed by atoms with Gasteiger partial charge in [-0.15, -0.1) is 0 Å². The largest absolute Gasteiger partial charge is 0.464 e. The Kier molecular flexibility index (Phi) is 5.50. The summed E-state index contributed by atoms with van der Waals surface area (Å²) in [7, 11) is -4.12. The molecule has 8 heteroatoms. The van der Waals surface area contributed by atoms with Gasteiger partial charge in [0.1, 0.15) is 6.61 Å². The maximum atomic E-state index is 11.0. The van der Waals surface area contributed by atoms with Gasteiger partial charge in [-0.3, -0.25) is 9.35 Å². The van der Waals surface area contributed by atoms with Crippen LogP contribution >= 0.6 is 11.8 Å². The predicted octanol–water partition coefficient (Wildman–Crippen LogP) is 0.330. The lowest BCUT2D eigenvalue weighted by Crippen LogP contribution is -2.38. The van der Waals surface area contributed by atoms with Gasteiger partial charge in [0, 0.05) is 0 Å². The molecule has 0 saturated heterocycles. The van der Waals surface area contributed by atoms with Gasteiger partial charge in [0.15, 0.2) is 0 Å². The quantitative estimate of drug-likeness (QED) is 0.406. The van der Waals surface area contributed by atoms with Crippen molar-refractivity contribution in [3.63, 3.8) is 0 Å². The molecule has 0 aromatic rings. The van der Waals surface area contributed by atoms with Crippen LogP contribution in [0.25, 0.3) is 0 Å². The molecule has 0 amide bonds. The summed E-state index contributed by atoms with van der Waals surface area (Å²) >= 11 is 5.35. The Labute approximate surface area is 93.8 Å². The number of carbonyl (C=O) groups is 1. The summed E-state index contributed by atoms with van der Waals surface area (Å²) < 4.78 is 33.7. The Morgan fingerprint density at radius 3 is 2.47 bits per heavy atom. The van der Waals surface area contributed by atoms with Crippen molar-refractivity contribution in [1.82, 2.24) is 4.84 Å². The standard InChI is InChI=1S/C7H14ClNO5S/c1-7(2,9-8)5-14-6(10)3-4-15(11,12)13/h9H,3-5H2,1-2H3,(H,11,12,13).